The molecule has 2 aliphatic rings. The number of nitrogens with zero attached hydrogens (tertiary/aromatic N) is 1. The fourth-order valence-corrected chi connectivity index (χ4v) is 2.50. The summed E-state index contributed by atoms with van der Waals surface area (Å²) in [4.78, 5) is 2.20. The molecule has 0 unspecified atom stereocenters. The van der Waals surface area contributed by atoms with Gasteiger partial charge in [0.1, 0.15) is 5.67 Å². The van der Waals surface area contributed by atoms with Crippen LogP contribution >= 0.6 is 0 Å². The van der Waals surface area contributed by atoms with Crippen molar-refractivity contribution in [3.8, 4) is 0 Å². The van der Waals surface area contributed by atoms with Crippen molar-refractivity contribution >= 4 is 0 Å². The minimum atomic E-state index is -1.32. The van der Waals surface area contributed by atoms with Gasteiger partial charge >= 0.3 is 0 Å². The molecule has 0 radical (unpaired) electrons. The molecular weight excluding hydrogens is 181 g/mol. The van der Waals surface area contributed by atoms with Crippen LogP contribution in [-0.2, 0) is 0 Å². The standard InChI is InChI=1S/C11H20FNO/c12-11(9-14)5-2-6-13(8-11)7-10-3-1-4-10/h10,14H,1-9H2/t11-/m1/s1. The van der Waals surface area contributed by atoms with E-state index in [9.17, 15) is 4.39 Å². The molecule has 1 atom stereocenters. The average Bonchev–Trinajstić information content (AvgIpc) is 2.12. The van der Waals surface area contributed by atoms with Crippen LogP contribution in [0.2, 0.25) is 0 Å². The highest BCUT2D eigenvalue weighted by atomic mass is 19.1. The number of halogens is 1. The molecule has 2 rings (SSSR count). The highest BCUT2D eigenvalue weighted by Crippen LogP contribution is 2.30. The third-order valence-corrected chi connectivity index (χ3v) is 3.63. The van der Waals surface area contributed by atoms with Gasteiger partial charge in [0.25, 0.3) is 0 Å². The summed E-state index contributed by atoms with van der Waals surface area (Å²) < 4.78 is 13.8. The van der Waals surface area contributed by atoms with E-state index >= 15 is 0 Å². The summed E-state index contributed by atoms with van der Waals surface area (Å²) in [6.07, 6.45) is 5.40. The predicted octanol–water partition coefficient (Wildman–Crippen LogP) is 1.58. The number of piperidine rings is 1. The van der Waals surface area contributed by atoms with Gasteiger partial charge in [-0.25, -0.2) is 4.39 Å². The summed E-state index contributed by atoms with van der Waals surface area (Å²) in [6, 6.07) is 0. The molecule has 82 valence electrons. The quantitative estimate of drug-likeness (QED) is 0.749. The first kappa shape index (κ1) is 10.4. The van der Waals surface area contributed by atoms with Gasteiger partial charge in [-0.15, -0.1) is 0 Å². The van der Waals surface area contributed by atoms with Crippen molar-refractivity contribution in [2.75, 3.05) is 26.2 Å². The van der Waals surface area contributed by atoms with Crippen LogP contribution < -0.4 is 0 Å². The van der Waals surface area contributed by atoms with Crippen molar-refractivity contribution < 1.29 is 9.50 Å². The lowest BCUT2D eigenvalue weighted by atomic mass is 9.84. The van der Waals surface area contributed by atoms with Crippen LogP contribution in [-0.4, -0.2) is 41.9 Å². The van der Waals surface area contributed by atoms with Gasteiger partial charge in [-0.3, -0.25) is 4.90 Å². The predicted molar refractivity (Wildman–Crippen MR) is 53.9 cm³/mol. The average molecular weight is 201 g/mol. The lowest BCUT2D eigenvalue weighted by Crippen LogP contribution is -2.49. The van der Waals surface area contributed by atoms with Crippen molar-refractivity contribution in [1.82, 2.24) is 4.90 Å². The van der Waals surface area contributed by atoms with E-state index < -0.39 is 5.67 Å². The van der Waals surface area contributed by atoms with Crippen molar-refractivity contribution in [2.24, 2.45) is 5.92 Å². The van der Waals surface area contributed by atoms with E-state index in [-0.39, 0.29) is 6.61 Å². The number of hydrogen-bond donors (Lipinski definition) is 1. The van der Waals surface area contributed by atoms with Gasteiger partial charge in [0.2, 0.25) is 0 Å². The van der Waals surface area contributed by atoms with Gasteiger partial charge in [-0.1, -0.05) is 6.42 Å². The van der Waals surface area contributed by atoms with Crippen molar-refractivity contribution in [3.05, 3.63) is 0 Å². The van der Waals surface area contributed by atoms with Crippen LogP contribution in [0.1, 0.15) is 32.1 Å². The van der Waals surface area contributed by atoms with Crippen LogP contribution in [0.4, 0.5) is 4.39 Å². The van der Waals surface area contributed by atoms with Crippen molar-refractivity contribution in [2.45, 2.75) is 37.8 Å². The Morgan fingerprint density at radius 3 is 2.71 bits per heavy atom. The summed E-state index contributed by atoms with van der Waals surface area (Å²) in [6.45, 7) is 2.20. The molecule has 2 nitrogen and oxygen atoms in total. The fraction of sp³-hybridized carbons (Fsp3) is 1.00. The lowest BCUT2D eigenvalue weighted by Gasteiger charge is -2.39. The zero-order valence-electron chi connectivity index (χ0n) is 8.71. The van der Waals surface area contributed by atoms with Gasteiger partial charge in [0, 0.05) is 13.1 Å². The lowest BCUT2D eigenvalue weighted by molar-refractivity contribution is -0.00979. The molecule has 1 saturated heterocycles. The number of likely N-dealkylation sites (tertiary alicyclic amines) is 1. The van der Waals surface area contributed by atoms with Gasteiger partial charge in [-0.05, 0) is 38.1 Å². The largest absolute Gasteiger partial charge is 0.393 e. The van der Waals surface area contributed by atoms with Crippen molar-refractivity contribution in [1.29, 1.82) is 0 Å². The van der Waals surface area contributed by atoms with Gasteiger partial charge in [0.05, 0.1) is 6.61 Å². The maximum atomic E-state index is 13.8. The zero-order valence-corrected chi connectivity index (χ0v) is 8.71. The highest BCUT2D eigenvalue weighted by Gasteiger charge is 2.35. The molecular formula is C11H20FNO. The monoisotopic (exact) mass is 201 g/mol. The first-order valence-electron chi connectivity index (χ1n) is 5.74. The third-order valence-electron chi connectivity index (χ3n) is 3.63. The Labute approximate surface area is 85.1 Å². The Bertz CT molecular complexity index is 196. The van der Waals surface area contributed by atoms with E-state index in [0.717, 1.165) is 25.4 Å². The van der Waals surface area contributed by atoms with Gasteiger partial charge in [0.15, 0.2) is 0 Å². The molecule has 1 saturated carbocycles. The zero-order chi connectivity index (χ0) is 10.0. The van der Waals surface area contributed by atoms with Crippen LogP contribution in [0.3, 0.4) is 0 Å². The molecule has 1 heterocycles. The first-order chi connectivity index (χ1) is 6.72. The second-order valence-electron chi connectivity index (χ2n) is 4.94. The second-order valence-corrected chi connectivity index (χ2v) is 4.94. The number of hydrogen-bond acceptors (Lipinski definition) is 2. The summed E-state index contributed by atoms with van der Waals surface area (Å²) >= 11 is 0. The van der Waals surface area contributed by atoms with Crippen LogP contribution in [0.25, 0.3) is 0 Å². The minimum Gasteiger partial charge on any atom is -0.393 e. The van der Waals surface area contributed by atoms with Gasteiger partial charge < -0.3 is 5.11 Å². The molecule has 1 N–H and O–H groups in total. The fourth-order valence-electron chi connectivity index (χ4n) is 2.50. The number of rotatable bonds is 3. The summed E-state index contributed by atoms with van der Waals surface area (Å²) in [5.41, 5.74) is -1.32. The van der Waals surface area contributed by atoms with E-state index in [0.29, 0.717) is 13.0 Å². The van der Waals surface area contributed by atoms with Crippen LogP contribution in [0.15, 0.2) is 0 Å². The second kappa shape index (κ2) is 4.15. The summed E-state index contributed by atoms with van der Waals surface area (Å²) in [5.74, 6) is 0.802. The van der Waals surface area contributed by atoms with E-state index in [1.807, 2.05) is 0 Å². The maximum absolute atomic E-state index is 13.8. The Morgan fingerprint density at radius 1 is 1.36 bits per heavy atom. The highest BCUT2D eigenvalue weighted by molar-refractivity contribution is 4.88. The number of aliphatic hydroxyl groups excluding tert-OH is 1. The smallest absolute Gasteiger partial charge is 0.146 e. The Kier molecular flexibility index (Phi) is 3.07. The maximum Gasteiger partial charge on any atom is 0.146 e. The minimum absolute atomic E-state index is 0.311. The van der Waals surface area contributed by atoms with Crippen LogP contribution in [0.5, 0.6) is 0 Å². The normalized spacial score (nSPS) is 35.6. The Hall–Kier alpha value is -0.150. The summed E-state index contributed by atoms with van der Waals surface area (Å²) in [7, 11) is 0. The molecule has 0 aromatic carbocycles. The number of alkyl halides is 1. The summed E-state index contributed by atoms with van der Waals surface area (Å²) in [5, 5.41) is 8.97. The van der Waals surface area contributed by atoms with E-state index in [2.05, 4.69) is 4.90 Å². The SMILES string of the molecule is OC[C@@]1(F)CCCN(CC2CCC2)C1. The molecule has 3 heteroatoms. The van der Waals surface area contributed by atoms with Crippen LogP contribution in [0, 0.1) is 5.92 Å². The molecule has 0 bridgehead atoms. The molecule has 1 aliphatic heterocycles. The first-order valence-corrected chi connectivity index (χ1v) is 5.74. The molecule has 0 amide bonds. The molecule has 14 heavy (non-hydrogen) atoms. The third kappa shape index (κ3) is 2.26. The Balaban J connectivity index is 1.80. The van der Waals surface area contributed by atoms with Gasteiger partial charge in [-0.2, -0.15) is 0 Å². The van der Waals surface area contributed by atoms with E-state index in [1.54, 1.807) is 0 Å². The molecule has 0 aromatic heterocycles. The number of aliphatic hydroxyl groups is 1. The molecule has 1 aliphatic carbocycles. The van der Waals surface area contributed by atoms with E-state index in [1.165, 1.54) is 19.3 Å². The van der Waals surface area contributed by atoms with E-state index in [4.69, 9.17) is 5.11 Å². The molecule has 2 fully saturated rings. The van der Waals surface area contributed by atoms with Crippen molar-refractivity contribution in [3.63, 3.8) is 0 Å². The Morgan fingerprint density at radius 2 is 2.14 bits per heavy atom. The topological polar surface area (TPSA) is 23.5 Å². The molecule has 0 aromatic rings. The molecule has 0 spiro atoms.